The minimum absolute atomic E-state index is 0.162. The fourth-order valence-electron chi connectivity index (χ4n) is 3.90. The lowest BCUT2D eigenvalue weighted by Gasteiger charge is -2.21. The van der Waals surface area contributed by atoms with Crippen molar-refractivity contribution in [2.75, 3.05) is 11.4 Å². The highest BCUT2D eigenvalue weighted by Gasteiger charge is 2.23. The highest BCUT2D eigenvalue weighted by Crippen LogP contribution is 2.25. The zero-order valence-corrected chi connectivity index (χ0v) is 18.0. The average Bonchev–Trinajstić information content (AvgIpc) is 3.41. The Morgan fingerprint density at radius 1 is 1.23 bits per heavy atom. The van der Waals surface area contributed by atoms with E-state index in [1.807, 2.05) is 53.4 Å². The van der Waals surface area contributed by atoms with Gasteiger partial charge in [0.15, 0.2) is 0 Å². The minimum atomic E-state index is -0.196. The number of aromatic nitrogens is 2. The average molecular weight is 417 g/mol. The predicted octanol–water partition coefficient (Wildman–Crippen LogP) is 4.61. The van der Waals surface area contributed by atoms with E-state index < -0.39 is 0 Å². The van der Waals surface area contributed by atoms with Crippen molar-refractivity contribution in [2.24, 2.45) is 5.92 Å². The number of hydrogen-bond donors (Lipinski definition) is 2. The first-order chi connectivity index (χ1) is 15.0. The van der Waals surface area contributed by atoms with Crippen LogP contribution in [0.5, 0.6) is 0 Å². The Hall–Kier alpha value is -3.41. The summed E-state index contributed by atoms with van der Waals surface area (Å²) in [6, 6.07) is 15.4. The van der Waals surface area contributed by atoms with E-state index in [4.69, 9.17) is 0 Å². The van der Waals surface area contributed by atoms with Crippen molar-refractivity contribution in [1.29, 1.82) is 0 Å². The molecule has 6 nitrogen and oxygen atoms in total. The quantitative estimate of drug-likeness (QED) is 0.552. The molecule has 2 atom stereocenters. The Labute approximate surface area is 182 Å². The van der Waals surface area contributed by atoms with Crippen LogP contribution in [0.2, 0.25) is 0 Å². The molecule has 0 bridgehead atoms. The molecular formula is C25H28N4O2. The van der Waals surface area contributed by atoms with E-state index in [9.17, 15) is 9.59 Å². The van der Waals surface area contributed by atoms with Crippen molar-refractivity contribution in [3.63, 3.8) is 0 Å². The maximum Gasteiger partial charge on any atom is 0.244 e. The summed E-state index contributed by atoms with van der Waals surface area (Å²) < 4.78 is 0. The third-order valence-electron chi connectivity index (χ3n) is 5.92. The second-order valence-corrected chi connectivity index (χ2v) is 8.08. The number of hydrogen-bond acceptors (Lipinski definition) is 3. The molecule has 2 unspecified atom stereocenters. The summed E-state index contributed by atoms with van der Waals surface area (Å²) in [7, 11) is 0. The molecule has 1 fully saturated rings. The molecule has 1 saturated heterocycles. The molecule has 0 spiro atoms. The van der Waals surface area contributed by atoms with Crippen LogP contribution < -0.4 is 10.2 Å². The van der Waals surface area contributed by atoms with Crippen LogP contribution in [0.4, 0.5) is 5.69 Å². The number of benzene rings is 2. The van der Waals surface area contributed by atoms with Gasteiger partial charge in [0.2, 0.25) is 11.8 Å². The number of H-pyrrole nitrogens is 1. The second kappa shape index (κ2) is 9.16. The molecule has 160 valence electrons. The number of fused-ring (bicyclic) bond motifs is 1. The molecule has 4 rings (SSSR count). The van der Waals surface area contributed by atoms with Gasteiger partial charge in [-0.1, -0.05) is 44.5 Å². The summed E-state index contributed by atoms with van der Waals surface area (Å²) in [6.45, 7) is 4.99. The first kappa shape index (κ1) is 20.8. The van der Waals surface area contributed by atoms with Crippen LogP contribution in [0.15, 0.2) is 54.6 Å². The first-order valence-electron chi connectivity index (χ1n) is 10.9. The standard InChI is InChI=1S/C25H28N4O2/c1-3-17(2)24(25-26-20-7-4-5-8-21(20)27-25)28-22(30)15-12-18-10-13-19(14-11-18)29-16-6-9-23(29)31/h4-5,7-8,10-15,17,24H,3,6,9,16H2,1-2H3,(H,26,27)(H,28,30). The summed E-state index contributed by atoms with van der Waals surface area (Å²) in [5.74, 6) is 1.01. The van der Waals surface area contributed by atoms with Gasteiger partial charge in [-0.05, 0) is 48.2 Å². The van der Waals surface area contributed by atoms with E-state index in [0.29, 0.717) is 6.42 Å². The van der Waals surface area contributed by atoms with Crippen molar-refractivity contribution in [1.82, 2.24) is 15.3 Å². The van der Waals surface area contributed by atoms with Gasteiger partial charge in [-0.2, -0.15) is 0 Å². The SMILES string of the molecule is CCC(C)C(NC(=O)C=Cc1ccc(N2CCCC2=O)cc1)c1nc2ccccc2[nH]1. The highest BCUT2D eigenvalue weighted by molar-refractivity contribution is 5.95. The van der Waals surface area contributed by atoms with Crippen molar-refractivity contribution in [2.45, 2.75) is 39.2 Å². The molecule has 2 amide bonds. The molecule has 3 aromatic rings. The number of imidazole rings is 1. The van der Waals surface area contributed by atoms with Crippen LogP contribution in [0.3, 0.4) is 0 Å². The van der Waals surface area contributed by atoms with Crippen LogP contribution in [0.1, 0.15) is 50.5 Å². The van der Waals surface area contributed by atoms with Gasteiger partial charge in [0, 0.05) is 24.7 Å². The topological polar surface area (TPSA) is 78.1 Å². The molecule has 2 aromatic carbocycles. The van der Waals surface area contributed by atoms with Gasteiger partial charge in [-0.15, -0.1) is 0 Å². The molecule has 6 heteroatoms. The Bertz CT molecular complexity index is 1070. The maximum atomic E-state index is 12.7. The van der Waals surface area contributed by atoms with E-state index in [-0.39, 0.29) is 23.8 Å². The number of nitrogens with zero attached hydrogens (tertiary/aromatic N) is 2. The Morgan fingerprint density at radius 3 is 2.68 bits per heavy atom. The van der Waals surface area contributed by atoms with Gasteiger partial charge < -0.3 is 15.2 Å². The molecule has 0 saturated carbocycles. The number of carbonyl (C=O) groups excluding carboxylic acids is 2. The summed E-state index contributed by atoms with van der Waals surface area (Å²) in [6.07, 6.45) is 5.78. The predicted molar refractivity (Wildman–Crippen MR) is 123 cm³/mol. The maximum absolute atomic E-state index is 12.7. The van der Waals surface area contributed by atoms with Crippen LogP contribution in [-0.2, 0) is 9.59 Å². The molecule has 2 N–H and O–H groups in total. The number of nitrogens with one attached hydrogen (secondary N) is 2. The molecule has 1 aliphatic heterocycles. The van der Waals surface area contributed by atoms with Crippen LogP contribution in [0.25, 0.3) is 17.1 Å². The first-order valence-corrected chi connectivity index (χ1v) is 10.9. The number of carbonyl (C=O) groups is 2. The Balaban J connectivity index is 1.45. The van der Waals surface area contributed by atoms with Gasteiger partial charge >= 0.3 is 0 Å². The Kier molecular flexibility index (Phi) is 6.16. The van der Waals surface area contributed by atoms with Crippen molar-refractivity contribution in [3.05, 3.63) is 66.0 Å². The number of para-hydroxylation sites is 2. The monoisotopic (exact) mass is 416 g/mol. The minimum Gasteiger partial charge on any atom is -0.342 e. The number of aromatic amines is 1. The van der Waals surface area contributed by atoms with E-state index in [2.05, 4.69) is 29.1 Å². The lowest BCUT2D eigenvalue weighted by atomic mass is 9.98. The van der Waals surface area contributed by atoms with Crippen LogP contribution >= 0.6 is 0 Å². The molecular weight excluding hydrogens is 388 g/mol. The second-order valence-electron chi connectivity index (χ2n) is 8.08. The third kappa shape index (κ3) is 4.68. The lowest BCUT2D eigenvalue weighted by molar-refractivity contribution is -0.118. The fraction of sp³-hybridized carbons (Fsp3) is 0.320. The molecule has 1 aromatic heterocycles. The van der Waals surface area contributed by atoms with E-state index in [1.54, 1.807) is 12.2 Å². The summed E-state index contributed by atoms with van der Waals surface area (Å²) >= 11 is 0. The normalized spacial score (nSPS) is 16.2. The zero-order chi connectivity index (χ0) is 21.8. The summed E-state index contributed by atoms with van der Waals surface area (Å²) in [5, 5.41) is 3.10. The number of anilines is 1. The van der Waals surface area contributed by atoms with Gasteiger partial charge in [-0.25, -0.2) is 4.98 Å². The van der Waals surface area contributed by atoms with Gasteiger partial charge in [0.25, 0.3) is 0 Å². The third-order valence-corrected chi connectivity index (χ3v) is 5.92. The summed E-state index contributed by atoms with van der Waals surface area (Å²) in [4.78, 5) is 34.4. The van der Waals surface area contributed by atoms with E-state index in [0.717, 1.165) is 47.5 Å². The number of amides is 2. The molecule has 31 heavy (non-hydrogen) atoms. The van der Waals surface area contributed by atoms with Crippen LogP contribution in [-0.4, -0.2) is 28.3 Å². The summed E-state index contributed by atoms with van der Waals surface area (Å²) in [5.41, 5.74) is 3.68. The Morgan fingerprint density at radius 2 is 2.00 bits per heavy atom. The van der Waals surface area contributed by atoms with Gasteiger partial charge in [0.1, 0.15) is 5.82 Å². The van der Waals surface area contributed by atoms with E-state index >= 15 is 0 Å². The van der Waals surface area contributed by atoms with Gasteiger partial charge in [-0.3, -0.25) is 9.59 Å². The smallest absolute Gasteiger partial charge is 0.244 e. The molecule has 0 radical (unpaired) electrons. The lowest BCUT2D eigenvalue weighted by Crippen LogP contribution is -2.32. The van der Waals surface area contributed by atoms with Crippen LogP contribution in [0, 0.1) is 5.92 Å². The fourth-order valence-corrected chi connectivity index (χ4v) is 3.90. The van der Waals surface area contributed by atoms with Crippen molar-refractivity contribution >= 4 is 34.6 Å². The highest BCUT2D eigenvalue weighted by atomic mass is 16.2. The van der Waals surface area contributed by atoms with Crippen molar-refractivity contribution in [3.8, 4) is 0 Å². The zero-order valence-electron chi connectivity index (χ0n) is 18.0. The van der Waals surface area contributed by atoms with Crippen molar-refractivity contribution < 1.29 is 9.59 Å². The molecule has 2 heterocycles. The van der Waals surface area contributed by atoms with Gasteiger partial charge in [0.05, 0.1) is 17.1 Å². The molecule has 1 aliphatic rings. The molecule has 0 aliphatic carbocycles. The van der Waals surface area contributed by atoms with E-state index in [1.165, 1.54) is 0 Å². The largest absolute Gasteiger partial charge is 0.342 e. The number of rotatable bonds is 7.